The van der Waals surface area contributed by atoms with Crippen LogP contribution in [-0.4, -0.2) is 9.13 Å². The van der Waals surface area contributed by atoms with Crippen LogP contribution in [0.25, 0.3) is 15.9 Å². The quantitative estimate of drug-likeness (QED) is 0.538. The molecule has 2 aromatic carbocycles. The molecule has 2 aromatic heterocycles. The molecule has 0 aliphatic rings. The van der Waals surface area contributed by atoms with Crippen molar-refractivity contribution in [1.29, 1.82) is 0 Å². The van der Waals surface area contributed by atoms with Gasteiger partial charge in [0.05, 0.1) is 17.7 Å². The van der Waals surface area contributed by atoms with Gasteiger partial charge >= 0.3 is 5.69 Å². The number of fused-ring (bicyclic) bond motifs is 1. The van der Waals surface area contributed by atoms with Crippen molar-refractivity contribution in [2.75, 3.05) is 0 Å². The van der Waals surface area contributed by atoms with E-state index in [0.29, 0.717) is 22.4 Å². The third kappa shape index (κ3) is 3.15. The lowest BCUT2D eigenvalue weighted by Gasteiger charge is -2.13. The van der Waals surface area contributed by atoms with Gasteiger partial charge in [-0.05, 0) is 61.0 Å². The highest BCUT2D eigenvalue weighted by atomic mass is 32.1. The van der Waals surface area contributed by atoms with Gasteiger partial charge in [-0.3, -0.25) is 9.36 Å². The molecule has 0 aliphatic carbocycles. The minimum Gasteiger partial charge on any atom is -0.288 e. The fourth-order valence-corrected chi connectivity index (χ4v) is 4.36. The number of aryl methyl sites for hydroxylation is 3. The van der Waals surface area contributed by atoms with Crippen molar-refractivity contribution in [2.45, 2.75) is 27.3 Å². The molecule has 0 unspecified atom stereocenters. The summed E-state index contributed by atoms with van der Waals surface area (Å²) in [7, 11) is 0. The van der Waals surface area contributed by atoms with E-state index in [1.807, 2.05) is 68.6 Å². The molecule has 5 heteroatoms. The van der Waals surface area contributed by atoms with E-state index in [0.717, 1.165) is 22.3 Å². The number of aromatic nitrogens is 2. The lowest BCUT2D eigenvalue weighted by molar-refractivity contribution is 0.715. The van der Waals surface area contributed by atoms with Crippen molar-refractivity contribution in [3.8, 4) is 5.69 Å². The maximum absolute atomic E-state index is 13.3. The first-order valence-corrected chi connectivity index (χ1v) is 9.69. The summed E-state index contributed by atoms with van der Waals surface area (Å²) >= 11 is 1.37. The van der Waals surface area contributed by atoms with Crippen LogP contribution in [0.5, 0.6) is 0 Å². The molecule has 4 nitrogen and oxygen atoms in total. The number of hydrogen-bond acceptors (Lipinski definition) is 3. The molecular weight excluding hydrogens is 356 g/mol. The first-order chi connectivity index (χ1) is 12.9. The van der Waals surface area contributed by atoms with Gasteiger partial charge in [-0.1, -0.05) is 35.9 Å². The predicted molar refractivity (Wildman–Crippen MR) is 111 cm³/mol. The molecule has 27 heavy (non-hydrogen) atoms. The van der Waals surface area contributed by atoms with Gasteiger partial charge in [0.2, 0.25) is 0 Å². The van der Waals surface area contributed by atoms with Crippen LogP contribution in [0.1, 0.15) is 22.3 Å². The zero-order valence-electron chi connectivity index (χ0n) is 15.5. The average Bonchev–Trinajstić information content (AvgIpc) is 3.08. The van der Waals surface area contributed by atoms with Gasteiger partial charge in [0, 0.05) is 0 Å². The lowest BCUT2D eigenvalue weighted by Crippen LogP contribution is -2.38. The van der Waals surface area contributed by atoms with E-state index < -0.39 is 0 Å². The van der Waals surface area contributed by atoms with Crippen LogP contribution in [-0.2, 0) is 6.54 Å². The van der Waals surface area contributed by atoms with Crippen molar-refractivity contribution in [1.82, 2.24) is 9.13 Å². The second-order valence-electron chi connectivity index (χ2n) is 6.98. The molecule has 4 aromatic rings. The summed E-state index contributed by atoms with van der Waals surface area (Å²) in [6, 6.07) is 15.7. The van der Waals surface area contributed by atoms with Crippen LogP contribution in [0.3, 0.4) is 0 Å². The van der Waals surface area contributed by atoms with Crippen molar-refractivity contribution in [3.63, 3.8) is 0 Å². The van der Waals surface area contributed by atoms with E-state index in [1.165, 1.54) is 15.9 Å². The lowest BCUT2D eigenvalue weighted by atomic mass is 10.1. The monoisotopic (exact) mass is 376 g/mol. The average molecular weight is 376 g/mol. The Morgan fingerprint density at radius 1 is 0.889 bits per heavy atom. The Hall–Kier alpha value is -2.92. The Balaban J connectivity index is 2.01. The van der Waals surface area contributed by atoms with Crippen molar-refractivity contribution < 1.29 is 0 Å². The van der Waals surface area contributed by atoms with Gasteiger partial charge in [0.25, 0.3) is 5.56 Å². The summed E-state index contributed by atoms with van der Waals surface area (Å²) in [5.74, 6) is 0. The second kappa shape index (κ2) is 6.67. The van der Waals surface area contributed by atoms with Gasteiger partial charge < -0.3 is 0 Å². The fourth-order valence-electron chi connectivity index (χ4n) is 3.54. The fraction of sp³-hybridized carbons (Fsp3) is 0.182. The number of benzene rings is 2. The minimum atomic E-state index is -0.308. The van der Waals surface area contributed by atoms with E-state index in [1.54, 1.807) is 4.57 Å². The zero-order chi connectivity index (χ0) is 19.1. The predicted octanol–water partition coefficient (Wildman–Crippen LogP) is 4.19. The molecule has 2 heterocycles. The SMILES string of the molecule is Cc1cccc(Cn2c(=O)n(-c3cc(C)cc(C)c3)c(=O)c3sccc32)c1. The Kier molecular flexibility index (Phi) is 4.32. The summed E-state index contributed by atoms with van der Waals surface area (Å²) in [5, 5.41) is 1.87. The zero-order valence-corrected chi connectivity index (χ0v) is 16.3. The van der Waals surface area contributed by atoms with Crippen molar-refractivity contribution in [2.24, 2.45) is 0 Å². The van der Waals surface area contributed by atoms with Gasteiger partial charge in [0.15, 0.2) is 0 Å². The van der Waals surface area contributed by atoms with E-state index in [9.17, 15) is 9.59 Å². The summed E-state index contributed by atoms with van der Waals surface area (Å²) < 4.78 is 3.59. The minimum absolute atomic E-state index is 0.254. The summed E-state index contributed by atoms with van der Waals surface area (Å²) in [6.45, 7) is 6.40. The van der Waals surface area contributed by atoms with E-state index in [2.05, 4.69) is 6.07 Å². The third-order valence-corrected chi connectivity index (χ3v) is 5.53. The molecule has 0 aliphatic heterocycles. The first kappa shape index (κ1) is 17.5. The normalized spacial score (nSPS) is 11.2. The van der Waals surface area contributed by atoms with Crippen LogP contribution >= 0.6 is 11.3 Å². The number of thiophene rings is 1. The third-order valence-electron chi connectivity index (χ3n) is 4.64. The highest BCUT2D eigenvalue weighted by Gasteiger charge is 2.16. The summed E-state index contributed by atoms with van der Waals surface area (Å²) in [4.78, 5) is 26.4. The molecule has 4 rings (SSSR count). The molecular formula is C22H20N2O2S. The van der Waals surface area contributed by atoms with Gasteiger partial charge in [-0.2, -0.15) is 0 Å². The van der Waals surface area contributed by atoms with Gasteiger partial charge in [-0.15, -0.1) is 11.3 Å². The highest BCUT2D eigenvalue weighted by Crippen LogP contribution is 2.19. The molecule has 0 saturated heterocycles. The molecule has 0 spiro atoms. The molecule has 0 amide bonds. The van der Waals surface area contributed by atoms with Crippen LogP contribution in [0.2, 0.25) is 0 Å². The summed E-state index contributed by atoms with van der Waals surface area (Å²) in [6.07, 6.45) is 0. The molecule has 136 valence electrons. The number of hydrogen-bond donors (Lipinski definition) is 0. The highest BCUT2D eigenvalue weighted by molar-refractivity contribution is 7.17. The largest absolute Gasteiger partial charge is 0.336 e. The summed E-state index contributed by atoms with van der Waals surface area (Å²) in [5.41, 5.74) is 4.97. The molecule has 0 atom stereocenters. The van der Waals surface area contributed by atoms with E-state index in [4.69, 9.17) is 0 Å². The Bertz CT molecular complexity index is 1260. The van der Waals surface area contributed by atoms with E-state index in [-0.39, 0.29) is 11.2 Å². The van der Waals surface area contributed by atoms with Crippen molar-refractivity contribution in [3.05, 3.63) is 97.0 Å². The topological polar surface area (TPSA) is 44.0 Å². The first-order valence-electron chi connectivity index (χ1n) is 8.81. The molecule has 0 saturated carbocycles. The smallest absolute Gasteiger partial charge is 0.288 e. The van der Waals surface area contributed by atoms with E-state index >= 15 is 0 Å². The second-order valence-corrected chi connectivity index (χ2v) is 7.90. The van der Waals surface area contributed by atoms with Gasteiger partial charge in [-0.25, -0.2) is 9.36 Å². The molecule has 0 bridgehead atoms. The maximum atomic E-state index is 13.3. The molecule has 0 N–H and O–H groups in total. The van der Waals surface area contributed by atoms with Crippen LogP contribution in [0.4, 0.5) is 0 Å². The van der Waals surface area contributed by atoms with Crippen LogP contribution in [0, 0.1) is 20.8 Å². The Morgan fingerprint density at radius 2 is 1.63 bits per heavy atom. The standard InChI is InChI=1S/C22H20N2O2S/c1-14-5-4-6-17(10-14)13-23-19-7-8-27-20(19)21(25)24(22(23)26)18-11-15(2)9-16(3)12-18/h4-12H,13H2,1-3H3. The number of rotatable bonds is 3. The maximum Gasteiger partial charge on any atom is 0.336 e. The van der Waals surface area contributed by atoms with Gasteiger partial charge in [0.1, 0.15) is 4.70 Å². The Labute approximate surface area is 161 Å². The molecule has 0 fully saturated rings. The van der Waals surface area contributed by atoms with Crippen LogP contribution < -0.4 is 11.2 Å². The number of nitrogens with zero attached hydrogens (tertiary/aromatic N) is 2. The van der Waals surface area contributed by atoms with Crippen molar-refractivity contribution >= 4 is 21.6 Å². The van der Waals surface area contributed by atoms with Crippen LogP contribution in [0.15, 0.2) is 63.5 Å². The molecule has 0 radical (unpaired) electrons. The Morgan fingerprint density at radius 3 is 2.33 bits per heavy atom.